The molecule has 1 aromatic heterocycles. The maximum absolute atomic E-state index is 7.02. The number of hydrogen-bond acceptors (Lipinski definition) is 1. The fraction of sp³-hybridized carbons (Fsp3) is 0. The zero-order valence-corrected chi connectivity index (χ0v) is 22.7. The van der Waals surface area contributed by atoms with Crippen molar-refractivity contribution in [3.63, 3.8) is 0 Å². The van der Waals surface area contributed by atoms with Crippen molar-refractivity contribution >= 4 is 62.4 Å². The summed E-state index contributed by atoms with van der Waals surface area (Å²) in [6.07, 6.45) is 0. The first-order valence-corrected chi connectivity index (χ1v) is 15.7. The second-order valence-electron chi connectivity index (χ2n) is 10.6. The van der Waals surface area contributed by atoms with Crippen LogP contribution in [0.15, 0.2) is 132 Å². The summed E-state index contributed by atoms with van der Waals surface area (Å²) in [5.41, 5.74) is 9.32. The van der Waals surface area contributed by atoms with Crippen molar-refractivity contribution in [1.82, 2.24) is 0 Å². The predicted molar refractivity (Wildman–Crippen MR) is 166 cm³/mol. The fourth-order valence-electron chi connectivity index (χ4n) is 7.23. The molecule has 0 radical (unpaired) electrons. The fourth-order valence-corrected chi connectivity index (χ4v) is 13.1. The Morgan fingerprint density at radius 1 is 0.436 bits per heavy atom. The minimum atomic E-state index is -2.48. The second-order valence-corrected chi connectivity index (χ2v) is 14.6. The molecule has 39 heavy (non-hydrogen) atoms. The molecule has 182 valence electrons. The number of para-hydroxylation sites is 1. The molecular formula is C36H21ClOSi. The van der Waals surface area contributed by atoms with Crippen LogP contribution in [0.2, 0.25) is 5.02 Å². The summed E-state index contributed by atoms with van der Waals surface area (Å²) in [6, 6.07) is 46.4. The smallest absolute Gasteiger partial charge is 0.182 e. The van der Waals surface area contributed by atoms with Gasteiger partial charge in [-0.1, -0.05) is 121 Å². The first-order valence-electron chi connectivity index (χ1n) is 13.3. The lowest BCUT2D eigenvalue weighted by molar-refractivity contribution is 0.669. The van der Waals surface area contributed by atoms with E-state index in [0.717, 1.165) is 38.1 Å². The van der Waals surface area contributed by atoms with Gasteiger partial charge in [-0.25, -0.2) is 0 Å². The van der Waals surface area contributed by atoms with Gasteiger partial charge in [-0.3, -0.25) is 0 Å². The molecule has 1 spiro atoms. The Morgan fingerprint density at radius 2 is 1.00 bits per heavy atom. The summed E-state index contributed by atoms with van der Waals surface area (Å²) in [5, 5.41) is 8.77. The van der Waals surface area contributed by atoms with E-state index in [0.29, 0.717) is 0 Å². The van der Waals surface area contributed by atoms with E-state index in [2.05, 4.69) is 109 Å². The van der Waals surface area contributed by atoms with Crippen LogP contribution in [-0.4, -0.2) is 8.07 Å². The van der Waals surface area contributed by atoms with E-state index < -0.39 is 8.07 Å². The molecule has 0 aliphatic carbocycles. The van der Waals surface area contributed by atoms with Crippen molar-refractivity contribution in [1.29, 1.82) is 0 Å². The number of benzene rings is 6. The molecule has 0 saturated carbocycles. The SMILES string of the molecule is Clc1cc2c(cc1-c1ccc3c(c1)[Si]1(c4ccccc4-c4ccccc41)c1ccccc1-3)oc1ccccc12. The number of rotatable bonds is 1. The van der Waals surface area contributed by atoms with Gasteiger partial charge in [0.1, 0.15) is 11.2 Å². The average Bonchev–Trinajstić information content (AvgIpc) is 3.60. The second kappa shape index (κ2) is 7.60. The first kappa shape index (κ1) is 21.5. The molecule has 9 rings (SSSR count). The molecular weight excluding hydrogens is 512 g/mol. The number of hydrogen-bond donors (Lipinski definition) is 0. The first-order chi connectivity index (χ1) is 19.2. The Bertz CT molecular complexity index is 2090. The van der Waals surface area contributed by atoms with Crippen LogP contribution in [0.1, 0.15) is 0 Å². The molecule has 7 aromatic rings. The molecule has 0 N–H and O–H groups in total. The summed E-state index contributed by atoms with van der Waals surface area (Å²) in [4.78, 5) is 0. The topological polar surface area (TPSA) is 13.1 Å². The molecule has 2 aliphatic heterocycles. The highest BCUT2D eigenvalue weighted by molar-refractivity contribution is 7.24. The number of furan rings is 1. The van der Waals surface area contributed by atoms with Gasteiger partial charge in [0.15, 0.2) is 8.07 Å². The Hall–Kier alpha value is -4.37. The van der Waals surface area contributed by atoms with E-state index in [9.17, 15) is 0 Å². The van der Waals surface area contributed by atoms with Gasteiger partial charge in [-0.2, -0.15) is 0 Å². The van der Waals surface area contributed by atoms with Gasteiger partial charge in [0.05, 0.1) is 0 Å². The van der Waals surface area contributed by atoms with Crippen LogP contribution in [0.3, 0.4) is 0 Å². The molecule has 0 unspecified atom stereocenters. The highest BCUT2D eigenvalue weighted by atomic mass is 35.5. The molecule has 3 heteroatoms. The van der Waals surface area contributed by atoms with Crippen LogP contribution in [0.25, 0.3) is 55.3 Å². The lowest BCUT2D eigenvalue weighted by Gasteiger charge is -2.28. The molecule has 2 aliphatic rings. The maximum atomic E-state index is 7.02. The van der Waals surface area contributed by atoms with E-state index >= 15 is 0 Å². The highest BCUT2D eigenvalue weighted by Gasteiger charge is 2.53. The number of halogens is 1. The summed E-state index contributed by atoms with van der Waals surface area (Å²) in [5.74, 6) is 0. The van der Waals surface area contributed by atoms with Crippen molar-refractivity contribution in [2.24, 2.45) is 0 Å². The van der Waals surface area contributed by atoms with Gasteiger partial charge >= 0.3 is 0 Å². The third-order valence-corrected chi connectivity index (χ3v) is 14.0. The van der Waals surface area contributed by atoms with Crippen molar-refractivity contribution in [3.05, 3.63) is 132 Å². The van der Waals surface area contributed by atoms with Crippen LogP contribution in [0.5, 0.6) is 0 Å². The van der Waals surface area contributed by atoms with Crippen molar-refractivity contribution in [2.45, 2.75) is 0 Å². The quantitative estimate of drug-likeness (QED) is 0.203. The Balaban J connectivity index is 1.36. The van der Waals surface area contributed by atoms with Gasteiger partial charge in [-0.15, -0.1) is 0 Å². The minimum absolute atomic E-state index is 0.743. The monoisotopic (exact) mass is 532 g/mol. The Morgan fingerprint density at radius 3 is 1.67 bits per heavy atom. The average molecular weight is 533 g/mol. The lowest BCUT2D eigenvalue weighted by atomic mass is 9.99. The molecule has 1 nitrogen and oxygen atoms in total. The zero-order chi connectivity index (χ0) is 25.7. The maximum Gasteiger partial charge on any atom is 0.182 e. The summed E-state index contributed by atoms with van der Waals surface area (Å²) < 4.78 is 6.25. The van der Waals surface area contributed by atoms with E-state index in [1.807, 2.05) is 18.2 Å². The summed E-state index contributed by atoms with van der Waals surface area (Å²) >= 11 is 7.02. The third kappa shape index (κ3) is 2.65. The molecule has 0 atom stereocenters. The van der Waals surface area contributed by atoms with Crippen LogP contribution >= 0.6 is 11.6 Å². The zero-order valence-electron chi connectivity index (χ0n) is 20.9. The lowest BCUT2D eigenvalue weighted by Crippen LogP contribution is -2.70. The Labute approximate surface area is 231 Å². The standard InChI is InChI=1S/C36H21ClOSi/c37-30-20-29-23-9-1-5-13-31(23)38-32(29)21-28(30)22-17-18-27-26-12-4-8-16-35(26)39(36(27)19-22)33-14-6-2-10-24(33)25-11-3-7-15-34(25)39/h1-21H. The normalized spacial score (nSPS) is 14.0. The van der Waals surface area contributed by atoms with E-state index in [1.165, 1.54) is 43.0 Å². The predicted octanol–water partition coefficient (Wildman–Crippen LogP) is 7.24. The van der Waals surface area contributed by atoms with E-state index in [-0.39, 0.29) is 0 Å². The third-order valence-electron chi connectivity index (χ3n) is 8.77. The van der Waals surface area contributed by atoms with E-state index in [1.54, 1.807) is 0 Å². The van der Waals surface area contributed by atoms with Gasteiger partial charge in [0.2, 0.25) is 0 Å². The van der Waals surface area contributed by atoms with Gasteiger partial charge in [-0.05, 0) is 66.8 Å². The molecule has 6 aromatic carbocycles. The largest absolute Gasteiger partial charge is 0.456 e. The van der Waals surface area contributed by atoms with Gasteiger partial charge < -0.3 is 4.42 Å². The summed E-state index contributed by atoms with van der Waals surface area (Å²) in [6.45, 7) is 0. The molecule has 3 heterocycles. The highest BCUT2D eigenvalue weighted by Crippen LogP contribution is 2.40. The van der Waals surface area contributed by atoms with Crippen LogP contribution in [0.4, 0.5) is 0 Å². The van der Waals surface area contributed by atoms with Crippen molar-refractivity contribution < 1.29 is 4.42 Å². The molecule has 0 saturated heterocycles. The minimum Gasteiger partial charge on any atom is -0.456 e. The van der Waals surface area contributed by atoms with E-state index in [4.69, 9.17) is 16.0 Å². The summed E-state index contributed by atoms with van der Waals surface area (Å²) in [7, 11) is -2.48. The Kier molecular flexibility index (Phi) is 4.20. The van der Waals surface area contributed by atoms with Crippen molar-refractivity contribution in [2.75, 3.05) is 0 Å². The van der Waals surface area contributed by atoms with Crippen LogP contribution < -0.4 is 20.7 Å². The van der Waals surface area contributed by atoms with Crippen molar-refractivity contribution in [3.8, 4) is 33.4 Å². The molecule has 0 amide bonds. The van der Waals surface area contributed by atoms with Crippen LogP contribution in [-0.2, 0) is 0 Å². The molecule has 0 fully saturated rings. The number of fused-ring (bicyclic) bond motifs is 13. The van der Waals surface area contributed by atoms with Gasteiger partial charge in [0.25, 0.3) is 0 Å². The van der Waals surface area contributed by atoms with Crippen LogP contribution in [0, 0.1) is 0 Å². The van der Waals surface area contributed by atoms with Gasteiger partial charge in [0, 0.05) is 21.4 Å². The molecule has 0 bridgehead atoms.